The number of piperazine rings is 1. The van der Waals surface area contributed by atoms with E-state index < -0.39 is 38.6 Å². The number of amides is 2. The quantitative estimate of drug-likeness (QED) is 0.503. The lowest BCUT2D eigenvalue weighted by Gasteiger charge is -2.57. The number of ether oxygens (including phenoxy) is 1. The van der Waals surface area contributed by atoms with Gasteiger partial charge in [0.1, 0.15) is 11.4 Å². The van der Waals surface area contributed by atoms with Gasteiger partial charge in [-0.3, -0.25) is 14.4 Å². The first kappa shape index (κ1) is 21.5. The Morgan fingerprint density at radius 2 is 1.73 bits per heavy atom. The summed E-state index contributed by atoms with van der Waals surface area (Å²) in [6.45, 7) is 8.80. The molecule has 1 aromatic carbocycles. The fourth-order valence-corrected chi connectivity index (χ4v) is 8.12. The summed E-state index contributed by atoms with van der Waals surface area (Å²) < 4.78 is 19.4. The van der Waals surface area contributed by atoms with E-state index in [-0.39, 0.29) is 18.2 Å². The Balaban J connectivity index is 1.91. The average molecular weight is 453 g/mol. The normalized spacial score (nSPS) is 35.6. The van der Waals surface area contributed by atoms with Crippen molar-refractivity contribution >= 4 is 39.4 Å². The summed E-state index contributed by atoms with van der Waals surface area (Å²) in [6, 6.07) is 5.02. The van der Waals surface area contributed by atoms with E-state index in [4.69, 9.17) is 4.74 Å². The van der Waals surface area contributed by atoms with E-state index in [1.807, 2.05) is 0 Å². The van der Waals surface area contributed by atoms with Gasteiger partial charge >= 0.3 is 5.97 Å². The van der Waals surface area contributed by atoms with Gasteiger partial charge in [-0.2, -0.15) is 0 Å². The van der Waals surface area contributed by atoms with Gasteiger partial charge in [0.25, 0.3) is 11.8 Å². The molecule has 5 rings (SSSR count). The maximum absolute atomic E-state index is 13.7. The third-order valence-electron chi connectivity index (χ3n) is 6.14. The van der Waals surface area contributed by atoms with Gasteiger partial charge in [-0.15, -0.1) is 0 Å². The zero-order chi connectivity index (χ0) is 22.3. The van der Waals surface area contributed by atoms with Gasteiger partial charge in [-0.1, -0.05) is 33.7 Å². The Morgan fingerprint density at radius 3 is 2.30 bits per heavy atom. The molecule has 4 aliphatic heterocycles. The highest BCUT2D eigenvalue weighted by Crippen LogP contribution is 2.69. The Hall–Kier alpha value is -1.74. The number of hydrogen-bond donors (Lipinski definition) is 0. The topological polar surface area (TPSA) is 66.9 Å². The molecule has 0 N–H and O–H groups in total. The molecule has 6 nitrogen and oxygen atoms in total. The van der Waals surface area contributed by atoms with Gasteiger partial charge in [-0.25, -0.2) is 4.39 Å². The van der Waals surface area contributed by atoms with Crippen LogP contribution in [-0.2, 0) is 19.1 Å². The largest absolute Gasteiger partial charge is 0.459 e. The van der Waals surface area contributed by atoms with Crippen LogP contribution in [0, 0.1) is 11.2 Å². The molecule has 1 aromatic rings. The summed E-state index contributed by atoms with van der Waals surface area (Å²) >= 11 is 0. The minimum Gasteiger partial charge on any atom is -0.459 e. The fourth-order valence-electron chi connectivity index (χ4n) is 4.54. The molecule has 2 amide bonds. The van der Waals surface area contributed by atoms with Crippen LogP contribution in [0.5, 0.6) is 0 Å². The molecule has 2 bridgehead atoms. The van der Waals surface area contributed by atoms with Crippen LogP contribution in [0.15, 0.2) is 24.3 Å². The van der Waals surface area contributed by atoms with Crippen molar-refractivity contribution in [1.29, 1.82) is 0 Å². The van der Waals surface area contributed by atoms with Crippen LogP contribution < -0.4 is 0 Å². The number of carbonyl (C=O) groups excluding carboxylic acids is 3. The van der Waals surface area contributed by atoms with E-state index in [2.05, 4.69) is 0 Å². The lowest BCUT2D eigenvalue weighted by Crippen LogP contribution is -2.73. The Bertz CT molecular complexity index is 949. The highest BCUT2D eigenvalue weighted by atomic mass is 33.1. The van der Waals surface area contributed by atoms with Crippen LogP contribution >= 0.6 is 21.6 Å². The van der Waals surface area contributed by atoms with Crippen molar-refractivity contribution in [3.05, 3.63) is 35.6 Å². The van der Waals surface area contributed by atoms with Crippen LogP contribution in [0.25, 0.3) is 0 Å². The van der Waals surface area contributed by atoms with Gasteiger partial charge in [0.2, 0.25) is 0 Å². The molecule has 4 fully saturated rings. The summed E-state index contributed by atoms with van der Waals surface area (Å²) in [6.07, 6.45) is 0.125. The Labute approximate surface area is 183 Å². The molecule has 0 saturated carbocycles. The second-order valence-electron chi connectivity index (χ2n) is 9.52. The van der Waals surface area contributed by atoms with Crippen LogP contribution in [0.2, 0.25) is 0 Å². The zero-order valence-electron chi connectivity index (χ0n) is 17.8. The SMILES string of the molecule is CN1C(=O)C23C[C@](C)(C(=O)OC(C)(C)C)C(c4ccc(F)cc4)N2C(=O)C1(C)SS3. The second-order valence-corrected chi connectivity index (χ2v) is 12.3. The van der Waals surface area contributed by atoms with Gasteiger partial charge in [0, 0.05) is 13.5 Å². The third kappa shape index (κ3) is 2.74. The number of likely N-dealkylation sites (N-methyl/N-ethyl adjacent to an activating group) is 1. The van der Waals surface area contributed by atoms with Gasteiger partial charge < -0.3 is 14.5 Å². The maximum atomic E-state index is 13.7. The van der Waals surface area contributed by atoms with E-state index in [0.29, 0.717) is 5.56 Å². The molecule has 4 aliphatic rings. The number of carbonyl (C=O) groups is 3. The molecule has 4 heterocycles. The van der Waals surface area contributed by atoms with Crippen LogP contribution in [-0.4, -0.2) is 50.0 Å². The molecule has 9 heteroatoms. The van der Waals surface area contributed by atoms with Crippen molar-refractivity contribution < 1.29 is 23.5 Å². The molecular weight excluding hydrogens is 427 g/mol. The molecule has 1 spiro atoms. The number of nitrogens with zero attached hydrogens (tertiary/aromatic N) is 2. The van der Waals surface area contributed by atoms with E-state index in [1.165, 1.54) is 38.6 Å². The molecule has 4 atom stereocenters. The third-order valence-corrected chi connectivity index (χ3v) is 9.84. The minimum absolute atomic E-state index is 0.125. The number of fused-ring (bicyclic) bond motifs is 2. The van der Waals surface area contributed by atoms with Gasteiger partial charge in [-0.05, 0) is 52.3 Å². The summed E-state index contributed by atoms with van der Waals surface area (Å²) in [5, 5.41) is 0. The average Bonchev–Trinajstić information content (AvgIpc) is 2.93. The number of rotatable bonds is 2. The molecule has 162 valence electrons. The van der Waals surface area contributed by atoms with Crippen molar-refractivity contribution in [1.82, 2.24) is 9.80 Å². The number of benzene rings is 1. The van der Waals surface area contributed by atoms with E-state index in [9.17, 15) is 18.8 Å². The summed E-state index contributed by atoms with van der Waals surface area (Å²) in [7, 11) is 4.31. The molecule has 3 unspecified atom stereocenters. The summed E-state index contributed by atoms with van der Waals surface area (Å²) in [4.78, 5) is 41.3. The minimum atomic E-state index is -1.21. The zero-order valence-corrected chi connectivity index (χ0v) is 19.4. The van der Waals surface area contributed by atoms with Crippen molar-refractivity contribution in [2.45, 2.75) is 62.4 Å². The summed E-state index contributed by atoms with van der Waals surface area (Å²) in [5.41, 5.74) is -1.31. The first-order valence-corrected chi connectivity index (χ1v) is 11.9. The van der Waals surface area contributed by atoms with E-state index in [0.717, 1.165) is 0 Å². The second kappa shape index (κ2) is 6.38. The van der Waals surface area contributed by atoms with Crippen molar-refractivity contribution in [3.8, 4) is 0 Å². The standard InChI is InChI=1S/C21H25FN2O4S2/c1-18(2,3)28-17(27)19(4)11-21-16(26)23(6)20(5,29-30-21)15(25)24(21)14(19)12-7-9-13(22)10-8-12/h7-10,14H,11H2,1-6H3/t14?,19-,20?,21?/m0/s1. The first-order valence-electron chi connectivity index (χ1n) is 9.74. The van der Waals surface area contributed by atoms with Crippen LogP contribution in [0.4, 0.5) is 4.39 Å². The van der Waals surface area contributed by atoms with Crippen LogP contribution in [0.1, 0.15) is 52.6 Å². The highest BCUT2D eigenvalue weighted by molar-refractivity contribution is 8.78. The van der Waals surface area contributed by atoms with E-state index >= 15 is 0 Å². The predicted octanol–water partition coefficient (Wildman–Crippen LogP) is 3.73. The molecule has 0 radical (unpaired) electrons. The molecular formula is C21H25FN2O4S2. The molecule has 30 heavy (non-hydrogen) atoms. The van der Waals surface area contributed by atoms with Gasteiger partial charge in [0.05, 0.1) is 11.5 Å². The molecule has 0 aliphatic carbocycles. The highest BCUT2D eigenvalue weighted by Gasteiger charge is 2.76. The monoisotopic (exact) mass is 452 g/mol. The number of esters is 1. The fraction of sp³-hybridized carbons (Fsp3) is 0.571. The maximum Gasteiger partial charge on any atom is 0.314 e. The molecule has 4 saturated heterocycles. The van der Waals surface area contributed by atoms with Crippen LogP contribution in [0.3, 0.4) is 0 Å². The Morgan fingerprint density at radius 1 is 1.13 bits per heavy atom. The smallest absolute Gasteiger partial charge is 0.314 e. The number of halogens is 1. The lowest BCUT2D eigenvalue weighted by atomic mass is 9.78. The van der Waals surface area contributed by atoms with Crippen molar-refractivity contribution in [3.63, 3.8) is 0 Å². The lowest BCUT2D eigenvalue weighted by molar-refractivity contribution is -0.170. The van der Waals surface area contributed by atoms with Crippen molar-refractivity contribution in [2.75, 3.05) is 7.05 Å². The van der Waals surface area contributed by atoms with E-state index in [1.54, 1.807) is 58.7 Å². The first-order chi connectivity index (χ1) is 13.8. The number of hydrogen-bond acceptors (Lipinski definition) is 6. The van der Waals surface area contributed by atoms with Gasteiger partial charge in [0.15, 0.2) is 9.74 Å². The predicted molar refractivity (Wildman–Crippen MR) is 114 cm³/mol. The summed E-state index contributed by atoms with van der Waals surface area (Å²) in [5.74, 6) is -1.32. The molecule has 0 aromatic heterocycles. The Kier molecular flexibility index (Phi) is 4.57. The van der Waals surface area contributed by atoms with Crippen molar-refractivity contribution in [2.24, 2.45) is 5.41 Å².